The van der Waals surface area contributed by atoms with E-state index in [-0.39, 0.29) is 34.9 Å². The lowest BCUT2D eigenvalue weighted by molar-refractivity contribution is 0.166. The molecule has 1 atom stereocenters. The molecule has 0 amide bonds. The van der Waals surface area contributed by atoms with Crippen LogP contribution in [0.15, 0.2) is 47.4 Å². The summed E-state index contributed by atoms with van der Waals surface area (Å²) >= 11 is 0. The molecule has 2 aliphatic heterocycles. The smallest absolute Gasteiger partial charge is 0.240 e. The molecule has 4 rings (SSSR count). The first kappa shape index (κ1) is 33.7. The molecule has 0 radical (unpaired) electrons. The second-order valence-electron chi connectivity index (χ2n) is 11.6. The zero-order chi connectivity index (χ0) is 31.4. The van der Waals surface area contributed by atoms with Crippen LogP contribution in [0.2, 0.25) is 0 Å². The molecule has 240 valence electrons. The zero-order valence-electron chi connectivity index (χ0n) is 24.4. The molecule has 2 heterocycles. The third-order valence-corrected chi connectivity index (χ3v) is 11.7. The lowest BCUT2D eigenvalue weighted by Crippen LogP contribution is -2.41. The van der Waals surface area contributed by atoms with Crippen LogP contribution in [0.5, 0.6) is 0 Å². The maximum Gasteiger partial charge on any atom is 0.240 e. The first-order chi connectivity index (χ1) is 20.1. The fourth-order valence-electron chi connectivity index (χ4n) is 6.04. The molecular weight excluding hydrogens is 623 g/mol. The van der Waals surface area contributed by atoms with Crippen LogP contribution in [0.1, 0.15) is 43.6 Å². The van der Waals surface area contributed by atoms with Gasteiger partial charge in [-0.25, -0.2) is 43.1 Å². The highest BCUT2D eigenvalue weighted by molar-refractivity contribution is 7.92. The molecule has 0 aliphatic carbocycles. The van der Waals surface area contributed by atoms with Gasteiger partial charge in [0.25, 0.3) is 0 Å². The Balaban J connectivity index is 1.30. The molecule has 10 nitrogen and oxygen atoms in total. The summed E-state index contributed by atoms with van der Waals surface area (Å²) < 4.78 is 107. The molecule has 0 bridgehead atoms. The third-order valence-electron chi connectivity index (χ3n) is 8.34. The Kier molecular flexibility index (Phi) is 10.9. The van der Waals surface area contributed by atoms with Crippen molar-refractivity contribution in [3.05, 3.63) is 59.7 Å². The highest BCUT2D eigenvalue weighted by atomic mass is 32.2. The minimum Gasteiger partial charge on any atom is -0.303 e. The summed E-state index contributed by atoms with van der Waals surface area (Å²) in [6, 6.07) is 9.12. The normalized spacial score (nSPS) is 19.3. The maximum atomic E-state index is 14.1. The van der Waals surface area contributed by atoms with Crippen LogP contribution in [0.25, 0.3) is 0 Å². The maximum absolute atomic E-state index is 14.1. The van der Waals surface area contributed by atoms with Crippen LogP contribution >= 0.6 is 0 Å². The average Bonchev–Trinajstić information content (AvgIpc) is 2.91. The van der Waals surface area contributed by atoms with Gasteiger partial charge >= 0.3 is 0 Å². The average molecular weight is 663 g/mol. The van der Waals surface area contributed by atoms with Crippen molar-refractivity contribution in [2.75, 3.05) is 56.5 Å². The van der Waals surface area contributed by atoms with Gasteiger partial charge < -0.3 is 4.90 Å². The molecule has 0 spiro atoms. The van der Waals surface area contributed by atoms with Crippen molar-refractivity contribution in [1.82, 2.24) is 13.9 Å². The molecule has 0 aromatic heterocycles. The van der Waals surface area contributed by atoms with E-state index >= 15 is 0 Å². The van der Waals surface area contributed by atoms with Gasteiger partial charge in [0.05, 0.1) is 17.4 Å². The number of hydrogen-bond donors (Lipinski definition) is 2. The lowest BCUT2D eigenvalue weighted by Gasteiger charge is -2.37. The summed E-state index contributed by atoms with van der Waals surface area (Å²) in [5.41, 5.74) is 0.873. The van der Waals surface area contributed by atoms with Crippen molar-refractivity contribution in [1.29, 1.82) is 0 Å². The number of benzene rings is 2. The molecule has 0 saturated carbocycles. The number of hydrogen-bond acceptors (Lipinski definition) is 7. The first-order valence-electron chi connectivity index (χ1n) is 14.3. The van der Waals surface area contributed by atoms with Crippen molar-refractivity contribution in [3.8, 4) is 0 Å². The predicted octanol–water partition coefficient (Wildman–Crippen LogP) is 3.17. The standard InChI is InChI=1S/C28H40F2N4O6S3/c1-41(35,36)32-26-3-5-27(6-4-26)43(39,40)31-20-21-7-12-33(13-8-21)14-11-28(23-17-24(29)19-25(30)18-23)22-9-15-34(16-10-22)42(2,37)38/h3-6,17-19,21-22,28,31-32H,7-16,20H2,1-2H3. The summed E-state index contributed by atoms with van der Waals surface area (Å²) in [5.74, 6) is -1.12. The summed E-state index contributed by atoms with van der Waals surface area (Å²) in [6.45, 7) is 3.29. The van der Waals surface area contributed by atoms with Gasteiger partial charge in [-0.1, -0.05) is 0 Å². The number of halogens is 2. The number of nitrogens with zero attached hydrogens (tertiary/aromatic N) is 2. The second kappa shape index (κ2) is 13.9. The van der Waals surface area contributed by atoms with Crippen molar-refractivity contribution in [2.45, 2.75) is 42.9 Å². The summed E-state index contributed by atoms with van der Waals surface area (Å²) in [5, 5.41) is 0. The second-order valence-corrected chi connectivity index (χ2v) is 17.1. The summed E-state index contributed by atoms with van der Waals surface area (Å²) in [6.07, 6.45) is 5.69. The van der Waals surface area contributed by atoms with Gasteiger partial charge in [-0.15, -0.1) is 0 Å². The number of nitrogens with one attached hydrogen (secondary N) is 2. The molecule has 2 saturated heterocycles. The van der Waals surface area contributed by atoms with E-state index in [4.69, 9.17) is 0 Å². The van der Waals surface area contributed by atoms with Crippen LogP contribution in [0, 0.1) is 23.5 Å². The Morgan fingerprint density at radius 2 is 1.42 bits per heavy atom. The molecule has 2 N–H and O–H groups in total. The van der Waals surface area contributed by atoms with E-state index in [0.29, 0.717) is 44.5 Å². The summed E-state index contributed by atoms with van der Waals surface area (Å²) in [7, 11) is -10.5. The van der Waals surface area contributed by atoms with Crippen LogP contribution < -0.4 is 9.44 Å². The number of rotatable bonds is 12. The lowest BCUT2D eigenvalue weighted by atomic mass is 9.78. The number of anilines is 1. The van der Waals surface area contributed by atoms with Gasteiger partial charge in [0.1, 0.15) is 11.6 Å². The topological polar surface area (TPSA) is 133 Å². The molecule has 15 heteroatoms. The quantitative estimate of drug-likeness (QED) is 0.357. The first-order valence-corrected chi connectivity index (χ1v) is 19.5. The monoisotopic (exact) mass is 662 g/mol. The van der Waals surface area contributed by atoms with Crippen molar-refractivity contribution >= 4 is 35.8 Å². The van der Waals surface area contributed by atoms with Gasteiger partial charge in [0.15, 0.2) is 0 Å². The van der Waals surface area contributed by atoms with Crippen molar-refractivity contribution in [2.24, 2.45) is 11.8 Å². The van der Waals surface area contributed by atoms with E-state index in [1.165, 1.54) is 47.0 Å². The van der Waals surface area contributed by atoms with Gasteiger partial charge in [0, 0.05) is 31.4 Å². The number of sulfonamides is 3. The van der Waals surface area contributed by atoms with Crippen LogP contribution in [0.4, 0.5) is 14.5 Å². The molecular formula is C28H40F2N4O6S3. The summed E-state index contributed by atoms with van der Waals surface area (Å²) in [4.78, 5) is 2.33. The van der Waals surface area contributed by atoms with Gasteiger partial charge in [-0.05, 0) is 111 Å². The highest BCUT2D eigenvalue weighted by Crippen LogP contribution is 2.37. The zero-order valence-corrected chi connectivity index (χ0v) is 26.8. The van der Waals surface area contributed by atoms with Crippen LogP contribution in [-0.4, -0.2) is 86.2 Å². The van der Waals surface area contributed by atoms with Crippen molar-refractivity contribution in [3.63, 3.8) is 0 Å². The van der Waals surface area contributed by atoms with Gasteiger partial charge in [0.2, 0.25) is 30.1 Å². The predicted molar refractivity (Wildman–Crippen MR) is 162 cm³/mol. The van der Waals surface area contributed by atoms with Gasteiger partial charge in [-0.3, -0.25) is 4.72 Å². The highest BCUT2D eigenvalue weighted by Gasteiger charge is 2.32. The third kappa shape index (κ3) is 9.91. The molecule has 2 aliphatic rings. The van der Waals surface area contributed by atoms with E-state index in [0.717, 1.165) is 38.3 Å². The van der Waals surface area contributed by atoms with Gasteiger partial charge in [-0.2, -0.15) is 0 Å². The largest absolute Gasteiger partial charge is 0.303 e. The SMILES string of the molecule is CS(=O)(=O)Nc1ccc(S(=O)(=O)NCC2CCN(CCC(c3cc(F)cc(F)c3)C3CCN(S(C)(=O)=O)CC3)CC2)cc1. The van der Waals surface area contributed by atoms with E-state index in [1.807, 2.05) is 0 Å². The number of likely N-dealkylation sites (tertiary alicyclic amines) is 1. The fourth-order valence-corrected chi connectivity index (χ4v) is 8.59. The minimum absolute atomic E-state index is 0.0474. The molecule has 2 aromatic carbocycles. The number of piperidine rings is 2. The van der Waals surface area contributed by atoms with Crippen LogP contribution in [-0.2, 0) is 30.1 Å². The van der Waals surface area contributed by atoms with E-state index in [1.54, 1.807) is 0 Å². The van der Waals surface area contributed by atoms with E-state index in [2.05, 4.69) is 14.3 Å². The Bertz CT molecular complexity index is 1550. The fraction of sp³-hybridized carbons (Fsp3) is 0.571. The van der Waals surface area contributed by atoms with Crippen molar-refractivity contribution < 1.29 is 34.0 Å². The Hall–Kier alpha value is -2.17. The molecule has 1 unspecified atom stereocenters. The Morgan fingerprint density at radius 3 is 1.95 bits per heavy atom. The Labute approximate surface area is 254 Å². The molecule has 2 fully saturated rings. The molecule has 43 heavy (non-hydrogen) atoms. The van der Waals surface area contributed by atoms with E-state index < -0.39 is 41.7 Å². The minimum atomic E-state index is -3.76. The molecule has 2 aromatic rings. The Morgan fingerprint density at radius 1 is 0.837 bits per heavy atom. The van der Waals surface area contributed by atoms with E-state index in [9.17, 15) is 34.0 Å². The van der Waals surface area contributed by atoms with Crippen LogP contribution in [0.3, 0.4) is 0 Å².